The highest BCUT2D eigenvalue weighted by Crippen LogP contribution is 2.34. The van der Waals surface area contributed by atoms with Crippen molar-refractivity contribution in [3.8, 4) is 0 Å². The second-order valence-corrected chi connectivity index (χ2v) is 4.77. The van der Waals surface area contributed by atoms with Crippen LogP contribution in [0.3, 0.4) is 0 Å². The lowest BCUT2D eigenvalue weighted by Crippen LogP contribution is -2.47. The van der Waals surface area contributed by atoms with E-state index in [1.807, 2.05) is 13.8 Å². The van der Waals surface area contributed by atoms with Crippen LogP contribution in [0.4, 0.5) is 4.79 Å². The first-order chi connectivity index (χ1) is 7.38. The summed E-state index contributed by atoms with van der Waals surface area (Å²) in [6, 6.07) is -0.157. The number of nitrogens with zero attached hydrogens (tertiary/aromatic N) is 1. The number of hydrogen-bond acceptors (Lipinski definition) is 2. The van der Waals surface area contributed by atoms with Gasteiger partial charge < -0.3 is 15.3 Å². The van der Waals surface area contributed by atoms with Crippen molar-refractivity contribution in [2.45, 2.75) is 39.2 Å². The monoisotopic (exact) mass is 228 g/mol. The molecule has 0 radical (unpaired) electrons. The quantitative estimate of drug-likeness (QED) is 0.745. The van der Waals surface area contributed by atoms with Crippen LogP contribution in [0, 0.1) is 5.92 Å². The van der Waals surface area contributed by atoms with Gasteiger partial charge in [0, 0.05) is 18.6 Å². The number of amides is 2. The number of hydrogen-bond donors (Lipinski definition) is 2. The molecule has 1 aliphatic rings. The van der Waals surface area contributed by atoms with Crippen molar-refractivity contribution in [2.24, 2.45) is 5.92 Å². The maximum Gasteiger partial charge on any atom is 0.317 e. The molecule has 92 valence electrons. The zero-order chi connectivity index (χ0) is 12.3. The van der Waals surface area contributed by atoms with Crippen LogP contribution in [0.2, 0.25) is 0 Å². The average molecular weight is 228 g/mol. The van der Waals surface area contributed by atoms with Crippen LogP contribution < -0.4 is 5.32 Å². The number of carbonyl (C=O) groups is 2. The molecule has 5 nitrogen and oxygen atoms in total. The summed E-state index contributed by atoms with van der Waals surface area (Å²) in [5.41, 5.74) is -0.0586. The van der Waals surface area contributed by atoms with Gasteiger partial charge in [-0.2, -0.15) is 0 Å². The van der Waals surface area contributed by atoms with E-state index in [9.17, 15) is 9.59 Å². The molecule has 1 aliphatic carbocycles. The van der Waals surface area contributed by atoms with Gasteiger partial charge in [0.25, 0.3) is 0 Å². The van der Waals surface area contributed by atoms with Gasteiger partial charge >= 0.3 is 12.0 Å². The summed E-state index contributed by atoms with van der Waals surface area (Å²) >= 11 is 0. The fraction of sp³-hybridized carbons (Fsp3) is 0.818. The van der Waals surface area contributed by atoms with Gasteiger partial charge in [-0.1, -0.05) is 6.92 Å². The van der Waals surface area contributed by atoms with Crippen molar-refractivity contribution < 1.29 is 14.7 Å². The lowest BCUT2D eigenvalue weighted by atomic mass is 10.2. The number of carboxylic acids is 1. The van der Waals surface area contributed by atoms with Crippen molar-refractivity contribution in [1.82, 2.24) is 10.2 Å². The van der Waals surface area contributed by atoms with E-state index in [0.29, 0.717) is 6.54 Å². The summed E-state index contributed by atoms with van der Waals surface area (Å²) < 4.78 is 0. The molecule has 0 spiro atoms. The Kier molecular flexibility index (Phi) is 3.78. The minimum atomic E-state index is -0.871. The standard InChI is InChI=1S/C11H20N2O3/c1-4-13(7-8(2)9(14)15)10(16)12-11(3)5-6-11/h8H,4-7H2,1-3H3,(H,12,16)(H,14,15). The molecule has 1 fully saturated rings. The molecule has 16 heavy (non-hydrogen) atoms. The van der Waals surface area contributed by atoms with Crippen LogP contribution in [-0.2, 0) is 4.79 Å². The van der Waals surface area contributed by atoms with E-state index in [-0.39, 0.29) is 18.1 Å². The van der Waals surface area contributed by atoms with Gasteiger partial charge in [0.2, 0.25) is 0 Å². The highest BCUT2D eigenvalue weighted by Gasteiger charge is 2.39. The second-order valence-electron chi connectivity index (χ2n) is 4.77. The zero-order valence-electron chi connectivity index (χ0n) is 10.1. The molecule has 1 unspecified atom stereocenters. The largest absolute Gasteiger partial charge is 0.481 e. The van der Waals surface area contributed by atoms with E-state index in [4.69, 9.17) is 5.11 Å². The van der Waals surface area contributed by atoms with Crippen molar-refractivity contribution in [3.63, 3.8) is 0 Å². The molecule has 5 heteroatoms. The van der Waals surface area contributed by atoms with E-state index in [2.05, 4.69) is 5.32 Å². The van der Waals surface area contributed by atoms with Gasteiger partial charge in [0.05, 0.1) is 5.92 Å². The molecule has 0 aromatic heterocycles. The molecular formula is C11H20N2O3. The molecular weight excluding hydrogens is 208 g/mol. The number of carbonyl (C=O) groups excluding carboxylic acids is 1. The van der Waals surface area contributed by atoms with E-state index >= 15 is 0 Å². The van der Waals surface area contributed by atoms with Gasteiger partial charge in [0.1, 0.15) is 0 Å². The lowest BCUT2D eigenvalue weighted by Gasteiger charge is -2.25. The Bertz CT molecular complexity index is 287. The summed E-state index contributed by atoms with van der Waals surface area (Å²) in [5, 5.41) is 11.7. The number of nitrogens with one attached hydrogen (secondary N) is 1. The molecule has 1 saturated carbocycles. The first-order valence-electron chi connectivity index (χ1n) is 5.68. The molecule has 1 atom stereocenters. The molecule has 2 N–H and O–H groups in total. The predicted molar refractivity (Wildman–Crippen MR) is 60.2 cm³/mol. The molecule has 1 rings (SSSR count). The summed E-state index contributed by atoms with van der Waals surface area (Å²) in [7, 11) is 0. The second kappa shape index (κ2) is 4.72. The van der Waals surface area contributed by atoms with Gasteiger partial charge in [-0.25, -0.2) is 4.79 Å². The van der Waals surface area contributed by atoms with Crippen molar-refractivity contribution in [2.75, 3.05) is 13.1 Å². The zero-order valence-corrected chi connectivity index (χ0v) is 10.1. The van der Waals surface area contributed by atoms with Gasteiger partial charge in [-0.15, -0.1) is 0 Å². The highest BCUT2D eigenvalue weighted by molar-refractivity contribution is 5.77. The molecule has 0 aromatic rings. The fourth-order valence-corrected chi connectivity index (χ4v) is 1.41. The fourth-order valence-electron chi connectivity index (χ4n) is 1.41. The third kappa shape index (κ3) is 3.40. The van der Waals surface area contributed by atoms with Crippen LogP contribution in [0.15, 0.2) is 0 Å². The third-order valence-electron chi connectivity index (χ3n) is 2.99. The predicted octanol–water partition coefficient (Wildman–Crippen LogP) is 1.29. The number of urea groups is 1. The van der Waals surface area contributed by atoms with E-state index < -0.39 is 11.9 Å². The van der Waals surface area contributed by atoms with Crippen molar-refractivity contribution in [3.05, 3.63) is 0 Å². The van der Waals surface area contributed by atoms with Crippen LogP contribution in [0.25, 0.3) is 0 Å². The molecule has 2 amide bonds. The van der Waals surface area contributed by atoms with E-state index in [1.165, 1.54) is 0 Å². The smallest absolute Gasteiger partial charge is 0.317 e. The lowest BCUT2D eigenvalue weighted by molar-refractivity contribution is -0.141. The topological polar surface area (TPSA) is 69.6 Å². The third-order valence-corrected chi connectivity index (χ3v) is 2.99. The Labute approximate surface area is 95.8 Å². The Morgan fingerprint density at radius 1 is 1.50 bits per heavy atom. The van der Waals surface area contributed by atoms with E-state index in [0.717, 1.165) is 12.8 Å². The number of aliphatic carboxylic acids is 1. The minimum Gasteiger partial charge on any atom is -0.481 e. The van der Waals surface area contributed by atoms with Crippen LogP contribution >= 0.6 is 0 Å². The summed E-state index contributed by atoms with van der Waals surface area (Å²) in [6.45, 7) is 6.24. The molecule has 0 bridgehead atoms. The van der Waals surface area contributed by atoms with Gasteiger partial charge in [-0.05, 0) is 26.7 Å². The Morgan fingerprint density at radius 3 is 2.44 bits per heavy atom. The van der Waals surface area contributed by atoms with Crippen molar-refractivity contribution >= 4 is 12.0 Å². The maximum absolute atomic E-state index is 11.8. The number of carboxylic acid groups (broad SMARTS) is 1. The van der Waals surface area contributed by atoms with Gasteiger partial charge in [0.15, 0.2) is 0 Å². The number of rotatable bonds is 5. The summed E-state index contributed by atoms with van der Waals surface area (Å²) in [4.78, 5) is 24.1. The molecule has 0 aromatic carbocycles. The maximum atomic E-state index is 11.8. The Hall–Kier alpha value is -1.26. The first kappa shape index (κ1) is 12.8. The van der Waals surface area contributed by atoms with Crippen LogP contribution in [-0.4, -0.2) is 40.6 Å². The SMILES string of the molecule is CCN(CC(C)C(=O)O)C(=O)NC1(C)CC1. The minimum absolute atomic E-state index is 0.0586. The Morgan fingerprint density at radius 2 is 2.06 bits per heavy atom. The normalized spacial score (nSPS) is 18.7. The summed E-state index contributed by atoms with van der Waals surface area (Å²) in [5.74, 6) is -1.40. The van der Waals surface area contributed by atoms with Crippen LogP contribution in [0.5, 0.6) is 0 Å². The van der Waals surface area contributed by atoms with E-state index in [1.54, 1.807) is 11.8 Å². The molecule has 0 saturated heterocycles. The summed E-state index contributed by atoms with van der Waals surface area (Å²) in [6.07, 6.45) is 2.01. The van der Waals surface area contributed by atoms with Crippen molar-refractivity contribution in [1.29, 1.82) is 0 Å². The first-order valence-corrected chi connectivity index (χ1v) is 5.68. The molecule has 0 heterocycles. The average Bonchev–Trinajstić information content (AvgIpc) is 2.91. The highest BCUT2D eigenvalue weighted by atomic mass is 16.4. The molecule has 0 aliphatic heterocycles. The van der Waals surface area contributed by atoms with Crippen LogP contribution in [0.1, 0.15) is 33.6 Å². The Balaban J connectivity index is 2.46. The van der Waals surface area contributed by atoms with Gasteiger partial charge in [-0.3, -0.25) is 4.79 Å².